The number of fused-ring (bicyclic) bond motifs is 3. The van der Waals surface area contributed by atoms with Gasteiger partial charge in [-0.2, -0.15) is 8.42 Å². The SMILES string of the molecule is CS(=O)(=O)O.Cc1cc(N=C2C(=N)N3CCCN3C2=O)c(NCCO)cc1O.Cc1cc(N=C2C(=N)N3CCCN3C2=O)c(NCCO)cc1O.Cc1ccc(NCCO)cc1O.Nc1c(N)n2n(c1=O)CCC2. The number of anilines is 5. The average molecular weight is 1050 g/mol. The molecule has 5 aliphatic heterocycles. The Morgan fingerprint density at radius 3 is 1.39 bits per heavy atom. The highest BCUT2D eigenvalue weighted by atomic mass is 32.2. The molecule has 27 nitrogen and oxygen atoms in total. The molecule has 3 aromatic carbocycles. The van der Waals surface area contributed by atoms with Gasteiger partial charge in [-0.25, -0.2) is 24.7 Å². The molecular weight excluding hydrogens is 987 g/mol. The molecule has 0 bridgehead atoms. The lowest BCUT2D eigenvalue weighted by molar-refractivity contribution is -0.129. The summed E-state index contributed by atoms with van der Waals surface area (Å²) in [5.74, 6) is 0.555. The Labute approximate surface area is 426 Å². The highest BCUT2D eigenvalue weighted by Gasteiger charge is 2.43. The van der Waals surface area contributed by atoms with E-state index in [1.54, 1.807) is 51.4 Å². The summed E-state index contributed by atoms with van der Waals surface area (Å²) < 4.78 is 29.2. The lowest BCUT2D eigenvalue weighted by atomic mass is 10.1. The number of nitrogens with one attached hydrogen (secondary N) is 5. The minimum absolute atomic E-state index is 0.0685. The molecule has 4 fully saturated rings. The van der Waals surface area contributed by atoms with Crippen LogP contribution in [0, 0.1) is 31.6 Å². The van der Waals surface area contributed by atoms with Gasteiger partial charge in [0.1, 0.15) is 28.8 Å². The number of aryl methyl sites for hydroxylation is 3. The highest BCUT2D eigenvalue weighted by Crippen LogP contribution is 2.35. The number of hydrogen-bond donors (Lipinski definition) is 14. The maximum atomic E-state index is 12.4. The summed E-state index contributed by atoms with van der Waals surface area (Å²) in [7, 11) is -3.67. The zero-order chi connectivity index (χ0) is 54.6. The molecule has 5 aliphatic rings. The van der Waals surface area contributed by atoms with E-state index >= 15 is 0 Å². The zero-order valence-corrected chi connectivity index (χ0v) is 42.3. The van der Waals surface area contributed by atoms with E-state index in [0.717, 1.165) is 43.6 Å². The third-order valence-electron chi connectivity index (χ3n) is 11.5. The summed E-state index contributed by atoms with van der Waals surface area (Å²) in [5, 5.41) is 86.9. The van der Waals surface area contributed by atoms with E-state index in [0.29, 0.717) is 91.8 Å². The Morgan fingerprint density at radius 2 is 0.986 bits per heavy atom. The second kappa shape index (κ2) is 25.2. The van der Waals surface area contributed by atoms with Crippen LogP contribution in [-0.2, 0) is 32.8 Å². The number of carbonyl (C=O) groups is 2. The molecule has 28 heteroatoms. The second-order valence-electron chi connectivity index (χ2n) is 17.1. The Hall–Kier alpha value is -7.92. The Kier molecular flexibility index (Phi) is 19.4. The van der Waals surface area contributed by atoms with Gasteiger partial charge < -0.3 is 58.1 Å². The van der Waals surface area contributed by atoms with E-state index in [-0.39, 0.29) is 83.2 Å². The van der Waals surface area contributed by atoms with Gasteiger partial charge in [-0.3, -0.25) is 44.5 Å². The molecule has 402 valence electrons. The maximum absolute atomic E-state index is 12.4. The molecule has 16 N–H and O–H groups in total. The topological polar surface area (TPSA) is 410 Å². The van der Waals surface area contributed by atoms with Gasteiger partial charge in [-0.1, -0.05) is 6.07 Å². The summed E-state index contributed by atoms with van der Waals surface area (Å²) in [6.07, 6.45) is 3.39. The summed E-state index contributed by atoms with van der Waals surface area (Å²) in [4.78, 5) is 44.7. The number of benzene rings is 3. The number of aliphatic hydroxyl groups is 3. The Bertz CT molecular complexity index is 2800. The van der Waals surface area contributed by atoms with Crippen molar-refractivity contribution < 1.29 is 53.2 Å². The van der Waals surface area contributed by atoms with E-state index in [1.807, 2.05) is 19.1 Å². The molecular formula is C46H65N15O12S. The number of nitrogens with two attached hydrogens (primary N) is 2. The Morgan fingerprint density at radius 1 is 0.595 bits per heavy atom. The quantitative estimate of drug-likeness (QED) is 0.0934. The number of aliphatic imine (C=N–C) groups is 2. The summed E-state index contributed by atoms with van der Waals surface area (Å²) in [5.41, 5.74) is 16.1. The molecule has 9 rings (SSSR count). The lowest BCUT2D eigenvalue weighted by Crippen LogP contribution is -2.33. The van der Waals surface area contributed by atoms with Crippen LogP contribution in [0.15, 0.2) is 57.2 Å². The highest BCUT2D eigenvalue weighted by molar-refractivity contribution is 7.85. The molecule has 0 atom stereocenters. The fourth-order valence-corrected chi connectivity index (χ4v) is 7.84. The molecule has 0 saturated carbocycles. The van der Waals surface area contributed by atoms with Crippen LogP contribution in [0.5, 0.6) is 17.2 Å². The van der Waals surface area contributed by atoms with Crippen LogP contribution in [-0.4, -0.2) is 180 Å². The van der Waals surface area contributed by atoms with Crippen LogP contribution in [0.1, 0.15) is 36.0 Å². The summed E-state index contributed by atoms with van der Waals surface area (Å²) >= 11 is 0. The summed E-state index contributed by atoms with van der Waals surface area (Å²) in [6, 6.07) is 11.7. The second-order valence-corrected chi connectivity index (χ2v) is 18.6. The molecule has 6 heterocycles. The molecule has 1 aromatic heterocycles. The number of aromatic hydroxyl groups is 3. The molecule has 0 unspecified atom stereocenters. The molecule has 74 heavy (non-hydrogen) atoms. The van der Waals surface area contributed by atoms with E-state index in [1.165, 1.54) is 22.2 Å². The maximum Gasteiger partial charge on any atom is 0.294 e. The number of phenols is 3. The van der Waals surface area contributed by atoms with Gasteiger partial charge in [-0.05, 0) is 74.9 Å². The van der Waals surface area contributed by atoms with Crippen LogP contribution in [0.3, 0.4) is 0 Å². The van der Waals surface area contributed by atoms with E-state index in [2.05, 4.69) is 25.9 Å². The van der Waals surface area contributed by atoms with E-state index in [9.17, 15) is 38.1 Å². The molecule has 0 aliphatic carbocycles. The first-order valence-corrected chi connectivity index (χ1v) is 25.2. The van der Waals surface area contributed by atoms with Gasteiger partial charge in [0.05, 0.1) is 48.8 Å². The number of amidine groups is 2. The monoisotopic (exact) mass is 1050 g/mol. The number of aromatic nitrogens is 2. The first-order valence-electron chi connectivity index (χ1n) is 23.3. The Balaban J connectivity index is 0.000000185. The fraction of sp³-hybridized carbons (Fsp3) is 0.413. The number of aliphatic hydroxyl groups excluding tert-OH is 3. The van der Waals surface area contributed by atoms with Crippen molar-refractivity contribution in [2.24, 2.45) is 9.98 Å². The van der Waals surface area contributed by atoms with Crippen molar-refractivity contribution in [2.75, 3.05) is 99.3 Å². The summed E-state index contributed by atoms with van der Waals surface area (Å²) in [6.45, 7) is 10.4. The van der Waals surface area contributed by atoms with Gasteiger partial charge in [0.2, 0.25) is 0 Å². The predicted octanol–water partition coefficient (Wildman–Crippen LogP) is 1.06. The number of phenolic OH excluding ortho intramolecular Hbond substituents is 3. The molecule has 2 amide bonds. The van der Waals surface area contributed by atoms with Crippen LogP contribution < -0.4 is 33.0 Å². The first kappa shape index (κ1) is 57.0. The van der Waals surface area contributed by atoms with E-state index < -0.39 is 10.1 Å². The minimum atomic E-state index is -3.67. The van der Waals surface area contributed by atoms with Crippen LogP contribution >= 0.6 is 0 Å². The number of nitrogen functional groups attached to an aromatic ring is 2. The van der Waals surface area contributed by atoms with Crippen LogP contribution in [0.4, 0.5) is 39.9 Å². The largest absolute Gasteiger partial charge is 0.508 e. The molecule has 0 spiro atoms. The number of carbonyl (C=O) groups excluding carboxylic acids is 2. The third-order valence-corrected chi connectivity index (χ3v) is 11.5. The van der Waals surface area contributed by atoms with E-state index in [4.69, 9.17) is 42.2 Å². The average Bonchev–Trinajstić information content (AvgIpc) is 4.23. The lowest BCUT2D eigenvalue weighted by Gasteiger charge is -2.17. The van der Waals surface area contributed by atoms with Crippen molar-refractivity contribution in [3.63, 3.8) is 0 Å². The van der Waals surface area contributed by atoms with Crippen molar-refractivity contribution in [2.45, 2.75) is 53.1 Å². The van der Waals surface area contributed by atoms with Crippen LogP contribution in [0.25, 0.3) is 0 Å². The standard InChI is InChI=1S/2C15H19N5O3.C9H13NO2.C6H10N4O.CH4O3S/c2*1-9-7-11(10(8-12(9)22)17-3-6-21)18-13-14(16)19-4-2-5-20(19)15(13)23;1-7-2-3-8(6-9(7)12)10-4-5-11;7-4-5(8)9-2-1-3-10(9)6(4)11;1-5(2,3)4/h2*7-8,16-17,21-22H,2-6H2,1H3;2-3,6,10-12H,4-5H2,1H3;1-3,7-8H2;1H3,(H,2,3,4). The smallest absolute Gasteiger partial charge is 0.294 e. The molecule has 4 aromatic rings. The van der Waals surface area contributed by atoms with Gasteiger partial charge in [0.25, 0.3) is 27.5 Å². The van der Waals surface area contributed by atoms with Crippen molar-refractivity contribution in [1.29, 1.82) is 10.8 Å². The number of amides is 2. The number of hydrogen-bond acceptors (Lipinski definition) is 20. The van der Waals surface area contributed by atoms with Crippen molar-refractivity contribution in [1.82, 2.24) is 29.4 Å². The van der Waals surface area contributed by atoms with Gasteiger partial charge >= 0.3 is 0 Å². The van der Waals surface area contributed by atoms with Gasteiger partial charge in [0.15, 0.2) is 23.1 Å². The van der Waals surface area contributed by atoms with Gasteiger partial charge in [-0.15, -0.1) is 0 Å². The minimum Gasteiger partial charge on any atom is -0.508 e. The molecule has 0 radical (unpaired) electrons. The van der Waals surface area contributed by atoms with Crippen molar-refractivity contribution >= 4 is 85.0 Å². The van der Waals surface area contributed by atoms with Crippen LogP contribution in [0.2, 0.25) is 0 Å². The first-order chi connectivity index (χ1) is 35.0. The normalized spacial score (nSPS) is 16.4. The third kappa shape index (κ3) is 14.0. The van der Waals surface area contributed by atoms with Crippen molar-refractivity contribution in [3.05, 3.63) is 69.5 Å². The molecule has 4 saturated heterocycles. The van der Waals surface area contributed by atoms with Crippen molar-refractivity contribution in [3.8, 4) is 17.2 Å². The number of hydrazine groups is 2. The number of nitrogens with zero attached hydrogens (tertiary/aromatic N) is 8. The zero-order valence-electron chi connectivity index (χ0n) is 41.5. The predicted molar refractivity (Wildman–Crippen MR) is 281 cm³/mol. The fourth-order valence-electron chi connectivity index (χ4n) is 7.84. The van der Waals surface area contributed by atoms with Gasteiger partial charge in [0, 0.05) is 82.8 Å². The number of rotatable bonds is 11.